The number of pyridine rings is 1. The van der Waals surface area contributed by atoms with E-state index in [0.717, 1.165) is 9.95 Å². The van der Waals surface area contributed by atoms with Crippen molar-refractivity contribution in [2.45, 2.75) is 19.6 Å². The van der Waals surface area contributed by atoms with Gasteiger partial charge in [-0.15, -0.1) is 0 Å². The Kier molecular flexibility index (Phi) is 3.59. The summed E-state index contributed by atoms with van der Waals surface area (Å²) in [7, 11) is 0. The first-order valence-corrected chi connectivity index (χ1v) is 7.16. The molecule has 0 saturated carbocycles. The lowest BCUT2D eigenvalue weighted by molar-refractivity contribution is -0.0887. The molecule has 2 aromatic carbocycles. The molecule has 0 atom stereocenters. The van der Waals surface area contributed by atoms with Gasteiger partial charge in [0, 0.05) is 17.3 Å². The molecule has 1 N–H and O–H groups in total. The van der Waals surface area contributed by atoms with Gasteiger partial charge in [0.25, 0.3) is 11.3 Å². The molecule has 0 unspecified atom stereocenters. The third-order valence-electron chi connectivity index (χ3n) is 3.92. The van der Waals surface area contributed by atoms with Crippen LogP contribution in [0.3, 0.4) is 0 Å². The normalized spacial score (nSPS) is 12.0. The van der Waals surface area contributed by atoms with Gasteiger partial charge in [-0.3, -0.25) is 9.59 Å². The first kappa shape index (κ1) is 16.0. The maximum atomic E-state index is 12.8. The fourth-order valence-corrected chi connectivity index (χ4v) is 2.86. The van der Waals surface area contributed by atoms with Crippen LogP contribution in [-0.4, -0.2) is 21.6 Å². The van der Waals surface area contributed by atoms with E-state index in [1.807, 2.05) is 0 Å². The zero-order valence-electron chi connectivity index (χ0n) is 12.5. The summed E-state index contributed by atoms with van der Waals surface area (Å²) in [5.74, 6) is -3.28. The predicted octanol–water partition coefficient (Wildman–Crippen LogP) is 3.63. The van der Waals surface area contributed by atoms with E-state index in [-0.39, 0.29) is 11.9 Å². The molecular weight excluding hydrogens is 323 g/mol. The van der Waals surface area contributed by atoms with Crippen molar-refractivity contribution in [2.24, 2.45) is 0 Å². The van der Waals surface area contributed by atoms with Crippen molar-refractivity contribution < 1.29 is 23.1 Å². The molecule has 0 spiro atoms. The molecule has 0 aliphatic rings. The summed E-state index contributed by atoms with van der Waals surface area (Å²) in [5.41, 5.74) is -2.09. The third-order valence-corrected chi connectivity index (χ3v) is 3.92. The van der Waals surface area contributed by atoms with E-state index >= 15 is 0 Å². The van der Waals surface area contributed by atoms with E-state index < -0.39 is 28.8 Å². The van der Waals surface area contributed by atoms with Gasteiger partial charge in [0.1, 0.15) is 11.3 Å². The molecule has 3 aromatic rings. The number of alkyl halides is 3. The number of aromatic hydroxyl groups is 1. The molecule has 124 valence electrons. The number of hydrogen-bond donors (Lipinski definition) is 1. The average Bonchev–Trinajstić information content (AvgIpc) is 2.54. The summed E-state index contributed by atoms with van der Waals surface area (Å²) in [4.78, 5) is 24.0. The second kappa shape index (κ2) is 5.36. The summed E-state index contributed by atoms with van der Waals surface area (Å²) in [5, 5.41) is 11.6. The van der Waals surface area contributed by atoms with E-state index in [9.17, 15) is 27.9 Å². The van der Waals surface area contributed by atoms with E-state index in [0.29, 0.717) is 10.9 Å². The Bertz CT molecular complexity index is 1040. The Labute approximate surface area is 133 Å². The van der Waals surface area contributed by atoms with Gasteiger partial charge in [-0.25, -0.2) is 0 Å². The van der Waals surface area contributed by atoms with Crippen LogP contribution in [0.15, 0.2) is 41.2 Å². The molecule has 0 radical (unpaired) electrons. The highest BCUT2D eigenvalue weighted by molar-refractivity contribution is 6.12. The smallest absolute Gasteiger partial charge is 0.455 e. The summed E-state index contributed by atoms with van der Waals surface area (Å²) < 4.78 is 39.4. The molecule has 4 nitrogen and oxygen atoms in total. The molecule has 0 bridgehead atoms. The number of halogens is 3. The molecular formula is C17H12F3NO3. The van der Waals surface area contributed by atoms with E-state index in [1.54, 1.807) is 37.3 Å². The van der Waals surface area contributed by atoms with Gasteiger partial charge in [-0.1, -0.05) is 30.3 Å². The number of carbonyl (C=O) groups is 1. The van der Waals surface area contributed by atoms with Crippen LogP contribution in [0.5, 0.6) is 5.75 Å². The molecule has 0 aliphatic carbocycles. The Morgan fingerprint density at radius 3 is 2.42 bits per heavy atom. The maximum absolute atomic E-state index is 12.8. The first-order chi connectivity index (χ1) is 11.3. The van der Waals surface area contributed by atoms with Crippen molar-refractivity contribution in [1.29, 1.82) is 0 Å². The summed E-state index contributed by atoms with van der Waals surface area (Å²) in [6.07, 6.45) is -5.24. The minimum atomic E-state index is -5.24. The summed E-state index contributed by atoms with van der Waals surface area (Å²) >= 11 is 0. The van der Waals surface area contributed by atoms with E-state index in [4.69, 9.17) is 0 Å². The quantitative estimate of drug-likeness (QED) is 0.575. The van der Waals surface area contributed by atoms with Crippen LogP contribution in [0.4, 0.5) is 13.2 Å². The van der Waals surface area contributed by atoms with Crippen molar-refractivity contribution in [1.82, 2.24) is 4.57 Å². The average molecular weight is 335 g/mol. The third kappa shape index (κ3) is 2.24. The van der Waals surface area contributed by atoms with Crippen LogP contribution < -0.4 is 5.56 Å². The highest BCUT2D eigenvalue weighted by atomic mass is 19.4. The van der Waals surface area contributed by atoms with Crippen LogP contribution >= 0.6 is 0 Å². The molecule has 7 heteroatoms. The van der Waals surface area contributed by atoms with Crippen LogP contribution in [0.25, 0.3) is 21.7 Å². The number of ketones is 1. The van der Waals surface area contributed by atoms with Crippen LogP contribution in [0.2, 0.25) is 0 Å². The zero-order valence-corrected chi connectivity index (χ0v) is 12.5. The van der Waals surface area contributed by atoms with E-state index in [1.165, 1.54) is 6.07 Å². The second-order valence-corrected chi connectivity index (χ2v) is 5.28. The van der Waals surface area contributed by atoms with Crippen LogP contribution in [0, 0.1) is 0 Å². The van der Waals surface area contributed by atoms with Crippen molar-refractivity contribution in [2.75, 3.05) is 0 Å². The lowest BCUT2D eigenvalue weighted by Gasteiger charge is -2.15. The van der Waals surface area contributed by atoms with E-state index in [2.05, 4.69) is 0 Å². The second-order valence-electron chi connectivity index (χ2n) is 5.28. The summed E-state index contributed by atoms with van der Waals surface area (Å²) in [6, 6.07) is 10.0. The van der Waals surface area contributed by atoms with Gasteiger partial charge < -0.3 is 9.67 Å². The minimum absolute atomic E-state index is 0.0303. The molecule has 0 amide bonds. The van der Waals surface area contributed by atoms with Gasteiger partial charge in [-0.2, -0.15) is 13.2 Å². The predicted molar refractivity (Wildman–Crippen MR) is 83.4 cm³/mol. The topological polar surface area (TPSA) is 59.3 Å². The standard InChI is InChI=1S/C17H12F3NO3/c1-2-21-13-10-6-4-3-5-9(10)7-8-11(13)14(22)12(16(21)24)15(23)17(18,19)20/h3-8,22H,2H2,1H3. The number of carbonyl (C=O) groups excluding carboxylic acids is 1. The van der Waals surface area contributed by atoms with Crippen molar-refractivity contribution in [3.63, 3.8) is 0 Å². The van der Waals surface area contributed by atoms with Crippen LogP contribution in [-0.2, 0) is 6.54 Å². The zero-order chi connectivity index (χ0) is 17.6. The SMILES string of the molecule is CCn1c(=O)c(C(=O)C(F)(F)F)c(O)c2ccc3ccccc3c21. The maximum Gasteiger partial charge on any atom is 0.455 e. The summed E-state index contributed by atoms with van der Waals surface area (Å²) in [6.45, 7) is 1.64. The Morgan fingerprint density at radius 1 is 1.12 bits per heavy atom. The van der Waals surface area contributed by atoms with Crippen LogP contribution in [0.1, 0.15) is 17.3 Å². The molecule has 24 heavy (non-hydrogen) atoms. The van der Waals surface area contributed by atoms with Gasteiger partial charge in [0.15, 0.2) is 0 Å². The largest absolute Gasteiger partial charge is 0.506 e. The monoisotopic (exact) mass is 335 g/mol. The molecule has 0 aliphatic heterocycles. The highest BCUT2D eigenvalue weighted by Gasteiger charge is 2.43. The fraction of sp³-hybridized carbons (Fsp3) is 0.176. The number of nitrogens with zero attached hydrogens (tertiary/aromatic N) is 1. The highest BCUT2D eigenvalue weighted by Crippen LogP contribution is 2.34. The number of rotatable bonds is 2. The van der Waals surface area contributed by atoms with Gasteiger partial charge >= 0.3 is 6.18 Å². The number of aryl methyl sites for hydroxylation is 1. The molecule has 1 heterocycles. The fourth-order valence-electron chi connectivity index (χ4n) is 2.86. The molecule has 3 rings (SSSR count). The number of aromatic nitrogens is 1. The Morgan fingerprint density at radius 2 is 1.79 bits per heavy atom. The van der Waals surface area contributed by atoms with Gasteiger partial charge in [0.05, 0.1) is 5.52 Å². The Balaban J connectivity index is 2.55. The number of benzene rings is 2. The lowest BCUT2D eigenvalue weighted by Crippen LogP contribution is -2.33. The number of Topliss-reactive ketones (excluding diaryl/α,β-unsaturated/α-hetero) is 1. The van der Waals surface area contributed by atoms with Crippen molar-refractivity contribution in [3.8, 4) is 5.75 Å². The molecule has 1 aromatic heterocycles. The lowest BCUT2D eigenvalue weighted by atomic mass is 10.0. The number of hydrogen-bond acceptors (Lipinski definition) is 3. The van der Waals surface area contributed by atoms with Crippen molar-refractivity contribution in [3.05, 3.63) is 52.3 Å². The number of fused-ring (bicyclic) bond motifs is 3. The molecule has 0 fully saturated rings. The van der Waals surface area contributed by atoms with Crippen molar-refractivity contribution >= 4 is 27.5 Å². The Hall–Kier alpha value is -2.83. The first-order valence-electron chi connectivity index (χ1n) is 7.16. The molecule has 0 saturated heterocycles. The van der Waals surface area contributed by atoms with Gasteiger partial charge in [-0.05, 0) is 18.4 Å². The minimum Gasteiger partial charge on any atom is -0.506 e. The van der Waals surface area contributed by atoms with Gasteiger partial charge in [0.2, 0.25) is 0 Å².